The summed E-state index contributed by atoms with van der Waals surface area (Å²) in [7, 11) is 0.978. The Balaban J connectivity index is 2.54. The van der Waals surface area contributed by atoms with Crippen LogP contribution in [-0.4, -0.2) is 70.6 Å². The fourth-order valence-electron chi connectivity index (χ4n) is 2.47. The number of fused-ring (bicyclic) bond motifs is 1. The highest BCUT2D eigenvalue weighted by atomic mass is 16.6. The molecule has 0 bridgehead atoms. The van der Waals surface area contributed by atoms with Crippen LogP contribution < -0.4 is 16.6 Å². The zero-order valence-electron chi connectivity index (χ0n) is 12.3. The first-order valence-corrected chi connectivity index (χ1v) is 6.73. The predicted molar refractivity (Wildman–Crippen MR) is 76.4 cm³/mol. The maximum atomic E-state index is 12.1. The van der Waals surface area contributed by atoms with Gasteiger partial charge in [0.05, 0.1) is 11.5 Å². The first kappa shape index (κ1) is 18.0. The van der Waals surface area contributed by atoms with Crippen molar-refractivity contribution in [2.75, 3.05) is 11.9 Å². The molecule has 2 heterocycles. The largest absolute Gasteiger partial charge is 0.394 e. The molecule has 0 radical (unpaired) electrons. The SMILES string of the molecule is Cn1c(=O)c([N+](=O)[O-])c2n(c1=O)[C@@H](O)[C@@H]([C@H](O)[C@H](O)[C@H](O)CO)N2. The molecule has 2 rings (SSSR count). The van der Waals surface area contributed by atoms with Gasteiger partial charge in [0.1, 0.15) is 24.4 Å². The van der Waals surface area contributed by atoms with Gasteiger partial charge in [-0.05, 0) is 0 Å². The number of aliphatic hydroxyl groups is 5. The number of anilines is 1. The Labute approximate surface area is 132 Å². The van der Waals surface area contributed by atoms with E-state index in [0.29, 0.717) is 9.13 Å². The normalized spacial score (nSPS) is 23.2. The summed E-state index contributed by atoms with van der Waals surface area (Å²) in [6.45, 7) is -0.895. The molecule has 0 unspecified atom stereocenters. The second-order valence-electron chi connectivity index (χ2n) is 5.29. The maximum Gasteiger partial charge on any atom is 0.374 e. The second-order valence-corrected chi connectivity index (χ2v) is 5.29. The highest BCUT2D eigenvalue weighted by molar-refractivity contribution is 5.58. The van der Waals surface area contributed by atoms with Gasteiger partial charge in [0.15, 0.2) is 12.0 Å². The van der Waals surface area contributed by atoms with Crippen LogP contribution in [0.2, 0.25) is 0 Å². The number of nitro groups is 1. The zero-order valence-corrected chi connectivity index (χ0v) is 12.3. The van der Waals surface area contributed by atoms with E-state index in [-0.39, 0.29) is 0 Å². The van der Waals surface area contributed by atoms with Crippen LogP contribution >= 0.6 is 0 Å². The van der Waals surface area contributed by atoms with Crippen molar-refractivity contribution in [1.29, 1.82) is 0 Å². The van der Waals surface area contributed by atoms with E-state index >= 15 is 0 Å². The average molecular weight is 348 g/mol. The van der Waals surface area contributed by atoms with Gasteiger partial charge < -0.3 is 30.8 Å². The van der Waals surface area contributed by atoms with Gasteiger partial charge in [-0.1, -0.05) is 0 Å². The number of nitrogens with zero attached hydrogens (tertiary/aromatic N) is 3. The lowest BCUT2D eigenvalue weighted by Crippen LogP contribution is -2.50. The maximum absolute atomic E-state index is 12.1. The van der Waals surface area contributed by atoms with E-state index in [1.165, 1.54) is 0 Å². The number of hydrogen-bond donors (Lipinski definition) is 6. The van der Waals surface area contributed by atoms with E-state index in [9.17, 15) is 40.1 Å². The third-order valence-corrected chi connectivity index (χ3v) is 3.84. The number of aromatic nitrogens is 2. The first-order valence-electron chi connectivity index (χ1n) is 6.73. The van der Waals surface area contributed by atoms with E-state index < -0.39 is 64.9 Å². The molecule has 0 aromatic carbocycles. The number of aliphatic hydroxyl groups excluding tert-OH is 5. The quantitative estimate of drug-likeness (QED) is 0.224. The molecule has 0 amide bonds. The molecule has 1 aromatic heterocycles. The lowest BCUT2D eigenvalue weighted by atomic mass is 10.0. The molecule has 1 aliphatic rings. The van der Waals surface area contributed by atoms with E-state index in [4.69, 9.17) is 5.11 Å². The monoisotopic (exact) mass is 348 g/mol. The van der Waals surface area contributed by atoms with Crippen LogP contribution in [0.3, 0.4) is 0 Å². The van der Waals surface area contributed by atoms with Gasteiger partial charge in [-0.2, -0.15) is 0 Å². The molecule has 6 N–H and O–H groups in total. The Morgan fingerprint density at radius 1 is 1.33 bits per heavy atom. The standard InChI is InChI=1S/C11H16N4O9/c1-13-10(21)5(15(23)24)8-12-4(9(20)14(8)11(13)22)7(19)6(18)3(17)2-16/h3-4,6-7,9,12,16-20H,2H2,1H3/t3-,4-,6-,7+,9+/m1/s1. The molecule has 1 aliphatic heterocycles. The van der Waals surface area contributed by atoms with Crippen LogP contribution in [0, 0.1) is 10.1 Å². The minimum atomic E-state index is -1.92. The average Bonchev–Trinajstić information content (AvgIpc) is 2.87. The van der Waals surface area contributed by atoms with Gasteiger partial charge in [0.25, 0.3) is 0 Å². The molecule has 134 valence electrons. The van der Waals surface area contributed by atoms with Gasteiger partial charge in [0.2, 0.25) is 0 Å². The Morgan fingerprint density at radius 3 is 2.42 bits per heavy atom. The fraction of sp³-hybridized carbons (Fsp3) is 0.636. The minimum absolute atomic E-state index is 0.417. The molecule has 13 nitrogen and oxygen atoms in total. The van der Waals surface area contributed by atoms with Gasteiger partial charge >= 0.3 is 16.9 Å². The zero-order chi connectivity index (χ0) is 18.3. The van der Waals surface area contributed by atoms with Crippen molar-refractivity contribution in [3.8, 4) is 0 Å². The lowest BCUT2D eigenvalue weighted by Gasteiger charge is -2.27. The van der Waals surface area contributed by atoms with Crippen LogP contribution in [0.5, 0.6) is 0 Å². The lowest BCUT2D eigenvalue weighted by molar-refractivity contribution is -0.386. The van der Waals surface area contributed by atoms with Crippen LogP contribution in [0.1, 0.15) is 6.23 Å². The van der Waals surface area contributed by atoms with Gasteiger partial charge in [-0.25, -0.2) is 9.36 Å². The summed E-state index contributed by atoms with van der Waals surface area (Å²) in [5, 5.41) is 61.3. The van der Waals surface area contributed by atoms with E-state index in [1.54, 1.807) is 0 Å². The number of nitrogens with one attached hydrogen (secondary N) is 1. The summed E-state index contributed by atoms with van der Waals surface area (Å²) < 4.78 is 0.908. The van der Waals surface area contributed by atoms with Gasteiger partial charge in [0, 0.05) is 7.05 Å². The molecule has 24 heavy (non-hydrogen) atoms. The number of rotatable bonds is 5. The molecule has 13 heteroatoms. The van der Waals surface area contributed by atoms with Crippen molar-refractivity contribution in [3.05, 3.63) is 31.0 Å². The summed E-state index contributed by atoms with van der Waals surface area (Å²) in [5.41, 5.74) is -3.32. The Hall–Kier alpha value is -2.32. The highest BCUT2D eigenvalue weighted by Gasteiger charge is 2.45. The van der Waals surface area contributed by atoms with E-state index in [2.05, 4.69) is 5.32 Å². The highest BCUT2D eigenvalue weighted by Crippen LogP contribution is 2.32. The van der Waals surface area contributed by atoms with Crippen LogP contribution in [0.4, 0.5) is 11.5 Å². The van der Waals surface area contributed by atoms with Gasteiger partial charge in [-0.3, -0.25) is 19.5 Å². The van der Waals surface area contributed by atoms with Crippen molar-refractivity contribution in [2.24, 2.45) is 7.05 Å². The topological polar surface area (TPSA) is 200 Å². The van der Waals surface area contributed by atoms with Crippen LogP contribution in [0.25, 0.3) is 0 Å². The summed E-state index contributed by atoms with van der Waals surface area (Å²) in [6, 6.07) is -1.55. The fourth-order valence-corrected chi connectivity index (χ4v) is 2.47. The molecule has 5 atom stereocenters. The number of hydrogen-bond acceptors (Lipinski definition) is 10. The molecule has 0 fully saturated rings. The molecular formula is C11H16N4O9. The van der Waals surface area contributed by atoms with Crippen LogP contribution in [0.15, 0.2) is 9.59 Å². The predicted octanol–water partition coefficient (Wildman–Crippen LogP) is -4.18. The molecule has 0 aliphatic carbocycles. The third kappa shape index (κ3) is 2.57. The van der Waals surface area contributed by atoms with Crippen molar-refractivity contribution in [3.63, 3.8) is 0 Å². The summed E-state index contributed by atoms with van der Waals surface area (Å²) in [4.78, 5) is 34.0. The van der Waals surface area contributed by atoms with Crippen molar-refractivity contribution >= 4 is 11.5 Å². The first-order chi connectivity index (χ1) is 11.1. The second kappa shape index (κ2) is 6.29. The summed E-state index contributed by atoms with van der Waals surface area (Å²) in [6.07, 6.45) is -7.46. The smallest absolute Gasteiger partial charge is 0.374 e. The van der Waals surface area contributed by atoms with E-state index in [0.717, 1.165) is 7.05 Å². The van der Waals surface area contributed by atoms with Crippen molar-refractivity contribution < 1.29 is 30.5 Å². The minimum Gasteiger partial charge on any atom is -0.394 e. The Bertz CT molecular complexity index is 772. The Kier molecular flexibility index (Phi) is 4.73. The molecule has 1 aromatic rings. The molecule has 0 saturated heterocycles. The van der Waals surface area contributed by atoms with Gasteiger partial charge in [-0.15, -0.1) is 0 Å². The Morgan fingerprint density at radius 2 is 1.92 bits per heavy atom. The van der Waals surface area contributed by atoms with Crippen molar-refractivity contribution in [2.45, 2.75) is 30.6 Å². The molecule has 0 spiro atoms. The summed E-state index contributed by atoms with van der Waals surface area (Å²) >= 11 is 0. The van der Waals surface area contributed by atoms with Crippen molar-refractivity contribution in [1.82, 2.24) is 9.13 Å². The van der Waals surface area contributed by atoms with E-state index in [1.807, 2.05) is 0 Å². The molecular weight excluding hydrogens is 332 g/mol. The van der Waals surface area contributed by atoms with Crippen LogP contribution in [-0.2, 0) is 7.05 Å². The summed E-state index contributed by atoms with van der Waals surface area (Å²) in [5.74, 6) is -0.629. The molecule has 0 saturated carbocycles. The third-order valence-electron chi connectivity index (χ3n) is 3.84.